The lowest BCUT2D eigenvalue weighted by Gasteiger charge is -2.21. The summed E-state index contributed by atoms with van der Waals surface area (Å²) in [4.78, 5) is 21.7. The van der Waals surface area contributed by atoms with Crippen molar-refractivity contribution in [1.82, 2.24) is 15.2 Å². The number of hydrogen-bond acceptors (Lipinski definition) is 5. The van der Waals surface area contributed by atoms with Crippen molar-refractivity contribution in [3.05, 3.63) is 58.3 Å². The van der Waals surface area contributed by atoms with Gasteiger partial charge in [-0.2, -0.15) is 12.6 Å². The zero-order chi connectivity index (χ0) is 20.1. The van der Waals surface area contributed by atoms with Crippen LogP contribution in [-0.4, -0.2) is 47.8 Å². The Balaban J connectivity index is 1.61. The van der Waals surface area contributed by atoms with Gasteiger partial charge in [-0.15, -0.1) is 0 Å². The molecule has 0 unspecified atom stereocenters. The number of hydrogen-bond donors (Lipinski definition) is 2. The predicted octanol–water partition coefficient (Wildman–Crippen LogP) is 3.34. The fourth-order valence-corrected chi connectivity index (χ4v) is 3.62. The Kier molecular flexibility index (Phi) is 6.97. The molecular weight excluding hydrogens is 368 g/mol. The van der Waals surface area contributed by atoms with Crippen LogP contribution in [0.4, 0.5) is 5.82 Å². The molecule has 2 aromatic rings. The molecule has 5 nitrogen and oxygen atoms in total. The largest absolute Gasteiger partial charge is 0.337 e. The van der Waals surface area contributed by atoms with Crippen molar-refractivity contribution in [1.29, 1.82) is 0 Å². The molecule has 1 amide bonds. The van der Waals surface area contributed by atoms with Crippen LogP contribution in [0.2, 0.25) is 0 Å². The van der Waals surface area contributed by atoms with E-state index in [4.69, 9.17) is 4.98 Å². The summed E-state index contributed by atoms with van der Waals surface area (Å²) in [6.45, 7) is 10.1. The number of nitrogens with one attached hydrogen (secondary N) is 1. The maximum absolute atomic E-state index is 12.9. The second kappa shape index (κ2) is 9.43. The van der Waals surface area contributed by atoms with Crippen LogP contribution in [-0.2, 0) is 6.54 Å². The number of aryl methyl sites for hydroxylation is 3. The Labute approximate surface area is 173 Å². The zero-order valence-corrected chi connectivity index (χ0v) is 17.9. The van der Waals surface area contributed by atoms with Gasteiger partial charge in [-0.1, -0.05) is 18.2 Å². The quantitative estimate of drug-likeness (QED) is 0.555. The van der Waals surface area contributed by atoms with Gasteiger partial charge >= 0.3 is 0 Å². The molecule has 2 heterocycles. The van der Waals surface area contributed by atoms with E-state index < -0.39 is 0 Å². The van der Waals surface area contributed by atoms with Crippen molar-refractivity contribution >= 4 is 24.4 Å². The maximum atomic E-state index is 12.9. The number of carbonyl (C=O) groups excluding carboxylic acids is 1. The lowest BCUT2D eigenvalue weighted by atomic mass is 10.1. The minimum atomic E-state index is 0.0820. The Hall–Kier alpha value is -2.05. The molecule has 0 spiro atoms. The van der Waals surface area contributed by atoms with E-state index in [-0.39, 0.29) is 5.91 Å². The van der Waals surface area contributed by atoms with Crippen LogP contribution in [0.25, 0.3) is 0 Å². The van der Waals surface area contributed by atoms with Crippen LogP contribution in [0.15, 0.2) is 30.3 Å². The summed E-state index contributed by atoms with van der Waals surface area (Å²) in [6.07, 6.45) is 1.06. The first kappa shape index (κ1) is 20.7. The van der Waals surface area contributed by atoms with Crippen molar-refractivity contribution in [2.75, 3.05) is 37.0 Å². The summed E-state index contributed by atoms with van der Waals surface area (Å²) in [7, 11) is 0. The highest BCUT2D eigenvalue weighted by Gasteiger charge is 2.27. The number of carbonyl (C=O) groups is 1. The Morgan fingerprint density at radius 2 is 1.89 bits per heavy atom. The second-order valence-corrected chi connectivity index (χ2v) is 7.90. The molecule has 1 aromatic heterocycles. The molecule has 3 rings (SSSR count). The van der Waals surface area contributed by atoms with Gasteiger partial charge in [0, 0.05) is 30.9 Å². The molecular formula is C22H30N4OS. The second-order valence-electron chi connectivity index (χ2n) is 7.46. The normalized spacial score (nSPS) is 14.0. The van der Waals surface area contributed by atoms with Gasteiger partial charge in [0.05, 0.1) is 6.67 Å². The molecule has 0 atom stereocenters. The molecule has 1 aliphatic rings. The molecule has 0 bridgehead atoms. The highest BCUT2D eigenvalue weighted by molar-refractivity contribution is 7.80. The predicted molar refractivity (Wildman–Crippen MR) is 118 cm³/mol. The Morgan fingerprint density at radius 1 is 1.14 bits per heavy atom. The van der Waals surface area contributed by atoms with Gasteiger partial charge in [0.2, 0.25) is 0 Å². The first-order valence-corrected chi connectivity index (χ1v) is 10.5. The van der Waals surface area contributed by atoms with E-state index in [1.54, 1.807) is 0 Å². The number of aromatic nitrogens is 1. The lowest BCUT2D eigenvalue weighted by Crippen LogP contribution is -2.31. The van der Waals surface area contributed by atoms with Crippen molar-refractivity contribution in [2.24, 2.45) is 0 Å². The zero-order valence-electron chi connectivity index (χ0n) is 17.0. The number of nitrogens with zero attached hydrogens (tertiary/aromatic N) is 3. The monoisotopic (exact) mass is 398 g/mol. The molecule has 150 valence electrons. The maximum Gasteiger partial charge on any atom is 0.255 e. The highest BCUT2D eigenvalue weighted by atomic mass is 32.1. The van der Waals surface area contributed by atoms with E-state index in [0.29, 0.717) is 6.67 Å². The Morgan fingerprint density at radius 3 is 2.61 bits per heavy atom. The van der Waals surface area contributed by atoms with Gasteiger partial charge in [0.1, 0.15) is 5.82 Å². The first-order chi connectivity index (χ1) is 13.5. The molecule has 0 aliphatic carbocycles. The molecule has 1 N–H and O–H groups in total. The molecule has 6 heteroatoms. The van der Waals surface area contributed by atoms with Crippen LogP contribution in [0, 0.1) is 20.8 Å². The van der Waals surface area contributed by atoms with E-state index in [2.05, 4.69) is 42.8 Å². The molecule has 28 heavy (non-hydrogen) atoms. The van der Waals surface area contributed by atoms with Gasteiger partial charge < -0.3 is 15.1 Å². The molecule has 0 radical (unpaired) electrons. The topological polar surface area (TPSA) is 48.5 Å². The molecule has 0 saturated carbocycles. The van der Waals surface area contributed by atoms with Gasteiger partial charge in [0.25, 0.3) is 5.91 Å². The van der Waals surface area contributed by atoms with E-state index >= 15 is 0 Å². The number of thiol groups is 1. The third-order valence-corrected chi connectivity index (χ3v) is 5.56. The number of amides is 1. The third-order valence-electron chi connectivity index (χ3n) is 5.24. The van der Waals surface area contributed by atoms with Crippen LogP contribution < -0.4 is 10.2 Å². The summed E-state index contributed by atoms with van der Waals surface area (Å²) < 4.78 is 0. The molecule has 1 saturated heterocycles. The van der Waals surface area contributed by atoms with Gasteiger partial charge in [-0.3, -0.25) is 4.79 Å². The average Bonchev–Trinajstić information content (AvgIpc) is 3.18. The summed E-state index contributed by atoms with van der Waals surface area (Å²) in [5.74, 6) is 1.96. The van der Waals surface area contributed by atoms with E-state index in [0.717, 1.165) is 61.0 Å². The lowest BCUT2D eigenvalue weighted by molar-refractivity contribution is 0.0794. The summed E-state index contributed by atoms with van der Waals surface area (Å²) in [6, 6.07) is 10.1. The van der Waals surface area contributed by atoms with Crippen LogP contribution in [0.1, 0.15) is 39.2 Å². The molecule has 1 fully saturated rings. The Bertz CT molecular complexity index is 822. The van der Waals surface area contributed by atoms with Crippen LogP contribution in [0.3, 0.4) is 0 Å². The molecule has 1 aromatic carbocycles. The standard InChI is InChI=1S/C22H30N4OS/c1-16-13-17(2)21(24-18(16)3)25-10-11-26(15-25)22(27)20-7-5-19(6-8-20)14-23-9-4-12-28/h5-8,13,23,28H,4,9-12,14-15H2,1-3H3. The average molecular weight is 399 g/mol. The van der Waals surface area contributed by atoms with E-state index in [1.165, 1.54) is 11.1 Å². The minimum absolute atomic E-state index is 0.0820. The van der Waals surface area contributed by atoms with Gasteiger partial charge in [0.15, 0.2) is 0 Å². The van der Waals surface area contributed by atoms with Crippen molar-refractivity contribution < 1.29 is 4.79 Å². The van der Waals surface area contributed by atoms with Gasteiger partial charge in [-0.05, 0) is 68.3 Å². The van der Waals surface area contributed by atoms with E-state index in [9.17, 15) is 4.79 Å². The number of pyridine rings is 1. The summed E-state index contributed by atoms with van der Waals surface area (Å²) in [5.41, 5.74) is 5.34. The van der Waals surface area contributed by atoms with Crippen molar-refractivity contribution in [3.63, 3.8) is 0 Å². The van der Waals surface area contributed by atoms with Crippen molar-refractivity contribution in [2.45, 2.75) is 33.7 Å². The van der Waals surface area contributed by atoms with Crippen LogP contribution >= 0.6 is 12.6 Å². The van der Waals surface area contributed by atoms with Crippen LogP contribution in [0.5, 0.6) is 0 Å². The number of rotatable bonds is 7. The SMILES string of the molecule is Cc1cc(C)c(N2CCN(C(=O)c3ccc(CNCCCS)cc3)C2)nc1C. The number of anilines is 1. The number of benzene rings is 1. The third kappa shape index (κ3) is 4.86. The fourth-order valence-electron chi connectivity index (χ4n) is 3.46. The fraction of sp³-hybridized carbons (Fsp3) is 0.455. The smallest absolute Gasteiger partial charge is 0.255 e. The summed E-state index contributed by atoms with van der Waals surface area (Å²) in [5, 5.41) is 3.39. The van der Waals surface area contributed by atoms with Gasteiger partial charge in [-0.25, -0.2) is 4.98 Å². The van der Waals surface area contributed by atoms with E-state index in [1.807, 2.05) is 36.1 Å². The molecule has 1 aliphatic heterocycles. The summed E-state index contributed by atoms with van der Waals surface area (Å²) >= 11 is 4.21. The first-order valence-electron chi connectivity index (χ1n) is 9.89. The minimum Gasteiger partial charge on any atom is -0.337 e. The van der Waals surface area contributed by atoms with Crippen molar-refractivity contribution in [3.8, 4) is 0 Å². The highest BCUT2D eigenvalue weighted by Crippen LogP contribution is 2.23.